The Morgan fingerprint density at radius 2 is 2.00 bits per heavy atom. The Labute approximate surface area is 118 Å². The lowest BCUT2D eigenvalue weighted by Gasteiger charge is -2.33. The molecule has 1 aliphatic rings. The third-order valence-electron chi connectivity index (χ3n) is 3.94. The second kappa shape index (κ2) is 5.10. The van der Waals surface area contributed by atoms with E-state index in [9.17, 15) is 0 Å². The van der Waals surface area contributed by atoms with E-state index < -0.39 is 0 Å². The maximum atomic E-state index is 5.97. The van der Waals surface area contributed by atoms with Crippen LogP contribution in [-0.2, 0) is 0 Å². The minimum atomic E-state index is 0.480. The third kappa shape index (κ3) is 2.60. The summed E-state index contributed by atoms with van der Waals surface area (Å²) in [6, 6.07) is 4.41. The molecule has 0 saturated carbocycles. The van der Waals surface area contributed by atoms with Crippen LogP contribution in [0.1, 0.15) is 38.4 Å². The van der Waals surface area contributed by atoms with E-state index in [4.69, 9.17) is 11.6 Å². The number of rotatable bonds is 2. The number of aromatic nitrogens is 3. The highest BCUT2D eigenvalue weighted by Crippen LogP contribution is 2.27. The van der Waals surface area contributed by atoms with Crippen molar-refractivity contribution in [2.75, 3.05) is 13.1 Å². The predicted octanol–water partition coefficient (Wildman–Crippen LogP) is 2.97. The molecule has 0 unspecified atom stereocenters. The van der Waals surface area contributed by atoms with Gasteiger partial charge >= 0.3 is 0 Å². The minimum Gasteiger partial charge on any atom is -0.301 e. The summed E-state index contributed by atoms with van der Waals surface area (Å²) in [5.41, 5.74) is 0.880. The molecule has 102 valence electrons. The third-order valence-corrected chi connectivity index (χ3v) is 4.16. The van der Waals surface area contributed by atoms with Crippen molar-refractivity contribution in [2.24, 2.45) is 0 Å². The molecule has 0 aliphatic carbocycles. The van der Waals surface area contributed by atoms with Crippen LogP contribution >= 0.6 is 11.6 Å². The van der Waals surface area contributed by atoms with Gasteiger partial charge in [0.05, 0.1) is 5.02 Å². The zero-order valence-corrected chi connectivity index (χ0v) is 12.1. The van der Waals surface area contributed by atoms with Gasteiger partial charge in [-0.1, -0.05) is 11.6 Å². The monoisotopic (exact) mass is 278 g/mol. The number of fused-ring (bicyclic) bond motifs is 1. The highest BCUT2D eigenvalue weighted by atomic mass is 35.5. The zero-order valence-electron chi connectivity index (χ0n) is 11.4. The summed E-state index contributed by atoms with van der Waals surface area (Å²) in [5, 5.41) is 5.26. The van der Waals surface area contributed by atoms with E-state index in [-0.39, 0.29) is 0 Å². The van der Waals surface area contributed by atoms with E-state index >= 15 is 0 Å². The lowest BCUT2D eigenvalue weighted by atomic mass is 9.95. The number of likely N-dealkylation sites (tertiary alicyclic amines) is 1. The molecule has 0 atom stereocenters. The molecule has 0 amide bonds. The molecule has 1 fully saturated rings. The Morgan fingerprint density at radius 3 is 2.68 bits per heavy atom. The number of halogens is 1. The first kappa shape index (κ1) is 12.9. The molecular formula is C14H19ClN4. The van der Waals surface area contributed by atoms with Crippen LogP contribution in [0.25, 0.3) is 5.65 Å². The Balaban J connectivity index is 1.78. The summed E-state index contributed by atoms with van der Waals surface area (Å²) in [6.45, 7) is 6.79. The van der Waals surface area contributed by atoms with Crippen molar-refractivity contribution in [1.82, 2.24) is 19.5 Å². The maximum absolute atomic E-state index is 5.97. The lowest BCUT2D eigenvalue weighted by Crippen LogP contribution is -2.38. The van der Waals surface area contributed by atoms with Gasteiger partial charge in [-0.05, 0) is 51.9 Å². The van der Waals surface area contributed by atoms with Crippen molar-refractivity contribution >= 4 is 17.2 Å². The highest BCUT2D eigenvalue weighted by molar-refractivity contribution is 6.30. The Kier molecular flexibility index (Phi) is 3.46. The van der Waals surface area contributed by atoms with E-state index in [1.807, 2.05) is 18.3 Å². The maximum Gasteiger partial charge on any atom is 0.155 e. The molecule has 0 radical (unpaired) electrons. The second-order valence-electron chi connectivity index (χ2n) is 5.52. The summed E-state index contributed by atoms with van der Waals surface area (Å²) < 4.78 is 1.78. The number of nitrogens with zero attached hydrogens (tertiary/aromatic N) is 4. The van der Waals surface area contributed by atoms with Crippen LogP contribution in [0.5, 0.6) is 0 Å². The normalized spacial score (nSPS) is 18.5. The van der Waals surface area contributed by atoms with Crippen molar-refractivity contribution in [3.8, 4) is 0 Å². The fourth-order valence-electron chi connectivity index (χ4n) is 2.72. The molecule has 19 heavy (non-hydrogen) atoms. The molecule has 3 rings (SSSR count). The van der Waals surface area contributed by atoms with Crippen LogP contribution in [0, 0.1) is 0 Å². The van der Waals surface area contributed by atoms with Crippen LogP contribution in [-0.4, -0.2) is 38.6 Å². The van der Waals surface area contributed by atoms with Crippen LogP contribution in [0.2, 0.25) is 5.02 Å². The Morgan fingerprint density at radius 1 is 1.26 bits per heavy atom. The first-order chi connectivity index (χ1) is 9.13. The number of hydrogen-bond donors (Lipinski definition) is 0. The van der Waals surface area contributed by atoms with E-state index in [1.54, 1.807) is 4.52 Å². The van der Waals surface area contributed by atoms with Gasteiger partial charge in [0.15, 0.2) is 11.5 Å². The van der Waals surface area contributed by atoms with E-state index in [0.29, 0.717) is 17.0 Å². The molecule has 3 heterocycles. The van der Waals surface area contributed by atoms with Crippen molar-refractivity contribution in [1.29, 1.82) is 0 Å². The molecule has 1 aliphatic heterocycles. The molecule has 4 nitrogen and oxygen atoms in total. The standard InChI is InChI=1S/C14H19ClN4/c1-10(2)18-7-5-11(6-8-18)14-16-13-4-3-12(15)9-19(13)17-14/h3-4,9-11H,5-8H2,1-2H3. The van der Waals surface area contributed by atoms with Crippen LogP contribution in [0.15, 0.2) is 18.3 Å². The summed E-state index contributed by atoms with van der Waals surface area (Å²) in [6.07, 6.45) is 4.10. The van der Waals surface area contributed by atoms with Crippen molar-refractivity contribution in [3.05, 3.63) is 29.2 Å². The topological polar surface area (TPSA) is 33.4 Å². The van der Waals surface area contributed by atoms with E-state index in [2.05, 4.69) is 28.8 Å². The quantitative estimate of drug-likeness (QED) is 0.847. The van der Waals surface area contributed by atoms with Crippen LogP contribution in [0.4, 0.5) is 0 Å². The van der Waals surface area contributed by atoms with Crippen LogP contribution in [0.3, 0.4) is 0 Å². The summed E-state index contributed by atoms with van der Waals surface area (Å²) in [5.74, 6) is 1.44. The largest absolute Gasteiger partial charge is 0.301 e. The fourth-order valence-corrected chi connectivity index (χ4v) is 2.88. The van der Waals surface area contributed by atoms with Gasteiger partial charge in [-0.3, -0.25) is 0 Å². The van der Waals surface area contributed by atoms with Crippen molar-refractivity contribution in [2.45, 2.75) is 38.6 Å². The smallest absolute Gasteiger partial charge is 0.155 e. The van der Waals surface area contributed by atoms with Gasteiger partial charge in [-0.15, -0.1) is 0 Å². The molecule has 0 aromatic carbocycles. The number of hydrogen-bond acceptors (Lipinski definition) is 3. The van der Waals surface area contributed by atoms with Gasteiger partial charge in [0.2, 0.25) is 0 Å². The van der Waals surface area contributed by atoms with Gasteiger partial charge in [-0.25, -0.2) is 9.50 Å². The highest BCUT2D eigenvalue weighted by Gasteiger charge is 2.24. The van der Waals surface area contributed by atoms with Crippen LogP contribution < -0.4 is 0 Å². The summed E-state index contributed by atoms with van der Waals surface area (Å²) in [7, 11) is 0. The Bertz CT molecular complexity index is 570. The molecule has 0 spiro atoms. The second-order valence-corrected chi connectivity index (χ2v) is 5.96. The van der Waals surface area contributed by atoms with E-state index in [0.717, 1.165) is 37.4 Å². The summed E-state index contributed by atoms with van der Waals surface area (Å²) in [4.78, 5) is 7.14. The number of pyridine rings is 1. The van der Waals surface area contributed by atoms with Gasteiger partial charge in [0.25, 0.3) is 0 Å². The van der Waals surface area contributed by atoms with Gasteiger partial charge in [0.1, 0.15) is 0 Å². The van der Waals surface area contributed by atoms with Gasteiger partial charge in [0, 0.05) is 18.2 Å². The van der Waals surface area contributed by atoms with Gasteiger partial charge < -0.3 is 4.90 Å². The molecule has 0 N–H and O–H groups in total. The minimum absolute atomic E-state index is 0.480. The fraction of sp³-hybridized carbons (Fsp3) is 0.571. The van der Waals surface area contributed by atoms with E-state index in [1.165, 1.54) is 0 Å². The SMILES string of the molecule is CC(C)N1CCC(c2nc3ccc(Cl)cn3n2)CC1. The van der Waals surface area contributed by atoms with Gasteiger partial charge in [-0.2, -0.15) is 5.10 Å². The zero-order chi connectivity index (χ0) is 13.4. The average molecular weight is 279 g/mol. The molecule has 2 aromatic rings. The summed E-state index contributed by atoms with van der Waals surface area (Å²) >= 11 is 5.97. The molecule has 0 bridgehead atoms. The first-order valence-electron chi connectivity index (χ1n) is 6.89. The number of piperidine rings is 1. The molecule has 5 heteroatoms. The van der Waals surface area contributed by atoms with Crippen molar-refractivity contribution in [3.63, 3.8) is 0 Å². The average Bonchev–Trinajstić information content (AvgIpc) is 2.81. The first-order valence-corrected chi connectivity index (χ1v) is 7.27. The Hall–Kier alpha value is -1.13. The molecular weight excluding hydrogens is 260 g/mol. The molecule has 2 aromatic heterocycles. The lowest BCUT2D eigenvalue weighted by molar-refractivity contribution is 0.169. The van der Waals surface area contributed by atoms with Crippen molar-refractivity contribution < 1.29 is 0 Å². The molecule has 1 saturated heterocycles. The predicted molar refractivity (Wildman–Crippen MR) is 76.7 cm³/mol.